The van der Waals surface area contributed by atoms with Gasteiger partial charge in [0.2, 0.25) is 0 Å². The van der Waals surface area contributed by atoms with Crippen LogP contribution in [0.2, 0.25) is 0 Å². The number of benzene rings is 1. The van der Waals surface area contributed by atoms with Crippen molar-refractivity contribution in [2.45, 2.75) is 37.9 Å². The highest BCUT2D eigenvalue weighted by molar-refractivity contribution is 5.79. The van der Waals surface area contributed by atoms with Gasteiger partial charge in [0.1, 0.15) is 17.7 Å². The van der Waals surface area contributed by atoms with E-state index in [4.69, 9.17) is 4.74 Å². The number of carbonyl (C=O) groups excluding carboxylic acids is 1. The standard InChI is InChI=1S/C13H15FO3/c14-10-5-6-12(9(7-10)8-15)17-13-4-2-1-3-11(13)16/h5-8,11,13,16H,1-4H2. The molecule has 1 aliphatic rings. The smallest absolute Gasteiger partial charge is 0.153 e. The number of halogens is 1. The minimum Gasteiger partial charge on any atom is -0.487 e. The van der Waals surface area contributed by atoms with Crippen molar-refractivity contribution >= 4 is 6.29 Å². The van der Waals surface area contributed by atoms with Crippen molar-refractivity contribution in [1.29, 1.82) is 0 Å². The molecule has 0 spiro atoms. The summed E-state index contributed by atoms with van der Waals surface area (Å²) in [6, 6.07) is 3.81. The van der Waals surface area contributed by atoms with Gasteiger partial charge in [-0.25, -0.2) is 4.39 Å². The Balaban J connectivity index is 2.14. The van der Waals surface area contributed by atoms with E-state index in [9.17, 15) is 14.3 Å². The van der Waals surface area contributed by atoms with Crippen molar-refractivity contribution in [1.82, 2.24) is 0 Å². The summed E-state index contributed by atoms with van der Waals surface area (Å²) >= 11 is 0. The van der Waals surface area contributed by atoms with Crippen LogP contribution in [-0.4, -0.2) is 23.6 Å². The zero-order chi connectivity index (χ0) is 12.3. The van der Waals surface area contributed by atoms with Gasteiger partial charge in [-0.1, -0.05) is 6.42 Å². The van der Waals surface area contributed by atoms with Gasteiger partial charge in [-0.15, -0.1) is 0 Å². The van der Waals surface area contributed by atoms with Gasteiger partial charge in [0.05, 0.1) is 11.7 Å². The van der Waals surface area contributed by atoms with Crippen LogP contribution in [0, 0.1) is 5.82 Å². The molecule has 1 aromatic rings. The summed E-state index contributed by atoms with van der Waals surface area (Å²) in [6.45, 7) is 0. The molecule has 1 aliphatic carbocycles. The zero-order valence-corrected chi connectivity index (χ0v) is 9.43. The molecule has 17 heavy (non-hydrogen) atoms. The summed E-state index contributed by atoms with van der Waals surface area (Å²) in [5.74, 6) is -0.129. The number of aldehydes is 1. The lowest BCUT2D eigenvalue weighted by atomic mass is 9.95. The first kappa shape index (κ1) is 12.0. The average molecular weight is 238 g/mol. The van der Waals surface area contributed by atoms with E-state index in [1.165, 1.54) is 12.1 Å². The monoisotopic (exact) mass is 238 g/mol. The minimum atomic E-state index is -0.506. The molecule has 3 nitrogen and oxygen atoms in total. The molecule has 0 bridgehead atoms. The topological polar surface area (TPSA) is 46.5 Å². The molecule has 2 rings (SSSR count). The Morgan fingerprint density at radius 1 is 1.35 bits per heavy atom. The van der Waals surface area contributed by atoms with Crippen LogP contribution in [0.1, 0.15) is 36.0 Å². The molecule has 0 saturated heterocycles. The first-order valence-corrected chi connectivity index (χ1v) is 5.80. The fourth-order valence-electron chi connectivity index (χ4n) is 2.10. The quantitative estimate of drug-likeness (QED) is 0.822. The highest BCUT2D eigenvalue weighted by Gasteiger charge is 2.25. The normalized spacial score (nSPS) is 24.4. The third-order valence-corrected chi connectivity index (χ3v) is 3.04. The third-order valence-electron chi connectivity index (χ3n) is 3.04. The maximum atomic E-state index is 12.9. The second-order valence-corrected chi connectivity index (χ2v) is 4.31. The van der Waals surface area contributed by atoms with E-state index in [2.05, 4.69) is 0 Å². The molecular weight excluding hydrogens is 223 g/mol. The van der Waals surface area contributed by atoms with Crippen molar-refractivity contribution in [3.05, 3.63) is 29.6 Å². The second kappa shape index (κ2) is 5.27. The molecule has 0 heterocycles. The van der Waals surface area contributed by atoms with Crippen LogP contribution in [0.4, 0.5) is 4.39 Å². The summed E-state index contributed by atoms with van der Waals surface area (Å²) in [5.41, 5.74) is 0.183. The lowest BCUT2D eigenvalue weighted by Gasteiger charge is -2.28. The molecule has 0 aromatic heterocycles. The Hall–Kier alpha value is -1.42. The van der Waals surface area contributed by atoms with E-state index in [0.29, 0.717) is 18.5 Å². The fraction of sp³-hybridized carbons (Fsp3) is 0.462. The fourth-order valence-corrected chi connectivity index (χ4v) is 2.10. The summed E-state index contributed by atoms with van der Waals surface area (Å²) in [6.07, 6.45) is 3.22. The molecule has 1 fully saturated rings. The molecule has 1 aromatic carbocycles. The number of hydrogen-bond acceptors (Lipinski definition) is 3. The highest BCUT2D eigenvalue weighted by atomic mass is 19.1. The van der Waals surface area contributed by atoms with Crippen LogP contribution in [0.3, 0.4) is 0 Å². The van der Waals surface area contributed by atoms with Gasteiger partial charge in [0, 0.05) is 0 Å². The van der Waals surface area contributed by atoms with Crippen molar-refractivity contribution in [3.63, 3.8) is 0 Å². The molecule has 2 atom stereocenters. The van der Waals surface area contributed by atoms with Crippen LogP contribution >= 0.6 is 0 Å². The van der Waals surface area contributed by atoms with Gasteiger partial charge >= 0.3 is 0 Å². The number of ether oxygens (including phenoxy) is 1. The van der Waals surface area contributed by atoms with Gasteiger partial charge < -0.3 is 9.84 Å². The van der Waals surface area contributed by atoms with Crippen LogP contribution < -0.4 is 4.74 Å². The first-order valence-electron chi connectivity index (χ1n) is 5.80. The van der Waals surface area contributed by atoms with E-state index in [1.807, 2.05) is 0 Å². The predicted molar refractivity (Wildman–Crippen MR) is 60.7 cm³/mol. The Morgan fingerprint density at radius 3 is 2.82 bits per heavy atom. The summed E-state index contributed by atoms with van der Waals surface area (Å²) in [5, 5.41) is 9.76. The van der Waals surface area contributed by atoms with Gasteiger partial charge in [0.25, 0.3) is 0 Å². The molecule has 1 saturated carbocycles. The number of hydrogen-bond donors (Lipinski definition) is 1. The van der Waals surface area contributed by atoms with Crippen molar-refractivity contribution in [2.75, 3.05) is 0 Å². The average Bonchev–Trinajstić information content (AvgIpc) is 2.34. The molecule has 2 unspecified atom stereocenters. The Morgan fingerprint density at radius 2 is 2.12 bits per heavy atom. The van der Waals surface area contributed by atoms with Crippen LogP contribution in [0.25, 0.3) is 0 Å². The van der Waals surface area contributed by atoms with Gasteiger partial charge in [-0.2, -0.15) is 0 Å². The molecule has 1 N–H and O–H groups in total. The molecule has 4 heteroatoms. The van der Waals surface area contributed by atoms with Gasteiger partial charge in [0.15, 0.2) is 6.29 Å². The van der Waals surface area contributed by atoms with E-state index in [0.717, 1.165) is 25.3 Å². The highest BCUT2D eigenvalue weighted by Crippen LogP contribution is 2.26. The lowest BCUT2D eigenvalue weighted by molar-refractivity contribution is 0.00654. The van der Waals surface area contributed by atoms with E-state index >= 15 is 0 Å². The summed E-state index contributed by atoms with van der Waals surface area (Å²) in [7, 11) is 0. The first-order chi connectivity index (χ1) is 8.20. The predicted octanol–water partition coefficient (Wildman–Crippen LogP) is 2.32. The largest absolute Gasteiger partial charge is 0.487 e. The minimum absolute atomic E-state index is 0.183. The number of aliphatic hydroxyl groups is 1. The Labute approximate surface area is 99.2 Å². The van der Waals surface area contributed by atoms with E-state index in [1.54, 1.807) is 0 Å². The van der Waals surface area contributed by atoms with Crippen molar-refractivity contribution in [2.24, 2.45) is 0 Å². The maximum Gasteiger partial charge on any atom is 0.153 e. The summed E-state index contributed by atoms with van der Waals surface area (Å²) in [4.78, 5) is 10.8. The van der Waals surface area contributed by atoms with Gasteiger partial charge in [-0.3, -0.25) is 4.79 Å². The van der Waals surface area contributed by atoms with Crippen LogP contribution in [0.15, 0.2) is 18.2 Å². The number of carbonyl (C=O) groups is 1. The molecule has 0 radical (unpaired) electrons. The van der Waals surface area contributed by atoms with Crippen LogP contribution in [0.5, 0.6) is 5.75 Å². The lowest BCUT2D eigenvalue weighted by Crippen LogP contribution is -2.34. The maximum absolute atomic E-state index is 12.9. The number of rotatable bonds is 3. The SMILES string of the molecule is O=Cc1cc(F)ccc1OC1CCCCC1O. The molecular formula is C13H15FO3. The van der Waals surface area contributed by atoms with Crippen LogP contribution in [-0.2, 0) is 0 Å². The molecule has 0 aliphatic heterocycles. The summed E-state index contributed by atoms with van der Waals surface area (Å²) < 4.78 is 18.5. The molecule has 92 valence electrons. The Bertz CT molecular complexity index is 406. The second-order valence-electron chi connectivity index (χ2n) is 4.31. The van der Waals surface area contributed by atoms with Crippen molar-refractivity contribution in [3.8, 4) is 5.75 Å². The Kier molecular flexibility index (Phi) is 3.74. The van der Waals surface area contributed by atoms with E-state index < -0.39 is 11.9 Å². The third kappa shape index (κ3) is 2.82. The molecule has 0 amide bonds. The van der Waals surface area contributed by atoms with E-state index in [-0.39, 0.29) is 11.7 Å². The zero-order valence-electron chi connectivity index (χ0n) is 9.43. The number of aliphatic hydroxyl groups excluding tert-OH is 1. The van der Waals surface area contributed by atoms with Gasteiger partial charge in [-0.05, 0) is 37.5 Å². The van der Waals surface area contributed by atoms with Crippen molar-refractivity contribution < 1.29 is 19.0 Å².